The summed E-state index contributed by atoms with van der Waals surface area (Å²) in [6.45, 7) is 0. The monoisotopic (exact) mass is 493 g/mol. The van der Waals surface area contributed by atoms with Gasteiger partial charge < -0.3 is 5.32 Å². The molecule has 0 saturated heterocycles. The number of carbonyl (C=O) groups excluding carboxylic acids is 1. The minimum atomic E-state index is -0.402. The van der Waals surface area contributed by atoms with Gasteiger partial charge in [0.05, 0.1) is 22.2 Å². The third-order valence-electron chi connectivity index (χ3n) is 5.40. The number of hydrogen-bond donors (Lipinski definition) is 1. The summed E-state index contributed by atoms with van der Waals surface area (Å²) in [4.78, 5) is 22.7. The van der Waals surface area contributed by atoms with Crippen molar-refractivity contribution in [1.29, 1.82) is 0 Å². The second-order valence-corrected chi connectivity index (χ2v) is 9.99. The van der Waals surface area contributed by atoms with Crippen molar-refractivity contribution in [2.24, 2.45) is 9.98 Å². The molecule has 4 nitrogen and oxygen atoms in total. The average Bonchev–Trinajstić information content (AvgIpc) is 2.94. The summed E-state index contributed by atoms with van der Waals surface area (Å²) in [5.74, 6) is 0.0267. The first kappa shape index (κ1) is 22.7. The Kier molecular flexibility index (Phi) is 7.27. The molecule has 31 heavy (non-hydrogen) atoms. The molecular formula is C23H22Cl3N3OS. The van der Waals surface area contributed by atoms with Crippen molar-refractivity contribution in [3.63, 3.8) is 0 Å². The number of nitrogens with one attached hydrogen (secondary N) is 1. The van der Waals surface area contributed by atoms with E-state index in [2.05, 4.69) is 5.32 Å². The van der Waals surface area contributed by atoms with Gasteiger partial charge in [-0.25, -0.2) is 4.99 Å². The van der Waals surface area contributed by atoms with Crippen molar-refractivity contribution in [3.8, 4) is 0 Å². The number of anilines is 1. The molecule has 2 aliphatic rings. The molecule has 0 bridgehead atoms. The SMILES string of the molecule is O=C(CSC1=NC2(CCCCCC2)N=C1c1ccc(Cl)cc1)Nc1cc(Cl)ccc1Cl. The van der Waals surface area contributed by atoms with Gasteiger partial charge in [0, 0.05) is 15.6 Å². The lowest BCUT2D eigenvalue weighted by Gasteiger charge is -2.20. The summed E-state index contributed by atoms with van der Waals surface area (Å²) in [6, 6.07) is 12.6. The normalized spacial score (nSPS) is 17.8. The minimum absolute atomic E-state index is 0.172. The van der Waals surface area contributed by atoms with Crippen molar-refractivity contribution >= 4 is 68.9 Å². The summed E-state index contributed by atoms with van der Waals surface area (Å²) < 4.78 is 0. The van der Waals surface area contributed by atoms with Crippen molar-refractivity contribution in [3.05, 3.63) is 63.1 Å². The molecule has 2 aromatic rings. The molecule has 1 aliphatic heterocycles. The van der Waals surface area contributed by atoms with Crippen LogP contribution in [0.3, 0.4) is 0 Å². The molecule has 2 aromatic carbocycles. The zero-order chi connectivity index (χ0) is 21.8. The van der Waals surface area contributed by atoms with Gasteiger partial charge >= 0.3 is 0 Å². The number of halogens is 3. The highest BCUT2D eigenvalue weighted by atomic mass is 35.5. The maximum atomic E-state index is 12.6. The number of benzene rings is 2. The number of hydrogen-bond acceptors (Lipinski definition) is 4. The van der Waals surface area contributed by atoms with Gasteiger partial charge in [-0.1, -0.05) is 71.5 Å². The van der Waals surface area contributed by atoms with Crippen LogP contribution in [0, 0.1) is 0 Å². The largest absolute Gasteiger partial charge is 0.324 e. The minimum Gasteiger partial charge on any atom is -0.324 e. The first-order chi connectivity index (χ1) is 14.9. The molecule has 0 atom stereocenters. The maximum Gasteiger partial charge on any atom is 0.234 e. The summed E-state index contributed by atoms with van der Waals surface area (Å²) in [5.41, 5.74) is 1.91. The zero-order valence-corrected chi connectivity index (χ0v) is 19.9. The molecule has 8 heteroatoms. The molecular weight excluding hydrogens is 473 g/mol. The van der Waals surface area contributed by atoms with Crippen LogP contribution in [0.1, 0.15) is 44.1 Å². The van der Waals surface area contributed by atoms with Gasteiger partial charge in [0.1, 0.15) is 5.04 Å². The van der Waals surface area contributed by atoms with Gasteiger partial charge in [0.15, 0.2) is 5.66 Å². The second-order valence-electron chi connectivity index (χ2n) is 7.74. The lowest BCUT2D eigenvalue weighted by atomic mass is 10.0. The third-order valence-corrected chi connectivity index (χ3v) is 7.18. The number of amides is 1. The van der Waals surface area contributed by atoms with Crippen LogP contribution in [0.15, 0.2) is 52.4 Å². The molecule has 0 aromatic heterocycles. The number of rotatable bonds is 4. The fourth-order valence-electron chi connectivity index (χ4n) is 3.85. The molecule has 4 rings (SSSR count). The quantitative estimate of drug-likeness (QED) is 0.486. The Hall–Kier alpha value is -1.53. The first-order valence-electron chi connectivity index (χ1n) is 10.3. The summed E-state index contributed by atoms with van der Waals surface area (Å²) >= 11 is 19.7. The van der Waals surface area contributed by atoms with Crippen molar-refractivity contribution in [1.82, 2.24) is 0 Å². The smallest absolute Gasteiger partial charge is 0.234 e. The van der Waals surface area contributed by atoms with Crippen LogP contribution in [0.2, 0.25) is 15.1 Å². The Bertz CT molecular complexity index is 1030. The summed E-state index contributed by atoms with van der Waals surface area (Å²) in [5, 5.41) is 5.27. The molecule has 162 valence electrons. The van der Waals surface area contributed by atoms with Crippen LogP contribution in [0.25, 0.3) is 0 Å². The number of aliphatic imine (C=N–C) groups is 2. The fraction of sp³-hybridized carbons (Fsp3) is 0.348. The topological polar surface area (TPSA) is 53.8 Å². The predicted octanol–water partition coefficient (Wildman–Crippen LogP) is 7.27. The Morgan fingerprint density at radius 2 is 1.61 bits per heavy atom. The standard InChI is InChI=1S/C23H22Cl3N3OS/c24-16-7-5-15(6-8-16)21-22(29-23(28-21)11-3-1-2-4-12-23)31-14-20(30)27-19-13-17(25)9-10-18(19)26/h5-10,13H,1-4,11-12,14H2,(H,27,30). The fourth-order valence-corrected chi connectivity index (χ4v) is 5.19. The van der Waals surface area contributed by atoms with Crippen molar-refractivity contribution < 1.29 is 4.79 Å². The van der Waals surface area contributed by atoms with E-state index < -0.39 is 5.66 Å². The highest BCUT2D eigenvalue weighted by molar-refractivity contribution is 8.16. The van der Waals surface area contributed by atoms with Crippen LogP contribution in [-0.2, 0) is 4.79 Å². The third kappa shape index (κ3) is 5.64. The highest BCUT2D eigenvalue weighted by Crippen LogP contribution is 2.38. The molecule has 1 aliphatic carbocycles. The average molecular weight is 495 g/mol. The highest BCUT2D eigenvalue weighted by Gasteiger charge is 2.37. The Balaban J connectivity index is 1.52. The summed E-state index contributed by atoms with van der Waals surface area (Å²) in [6.07, 6.45) is 6.55. The molecule has 1 heterocycles. The van der Waals surface area contributed by atoms with E-state index in [4.69, 9.17) is 44.8 Å². The van der Waals surface area contributed by atoms with Gasteiger partial charge in [-0.15, -0.1) is 0 Å². The number of nitrogens with zero attached hydrogens (tertiary/aromatic N) is 2. The summed E-state index contributed by atoms with van der Waals surface area (Å²) in [7, 11) is 0. The lowest BCUT2D eigenvalue weighted by Crippen LogP contribution is -2.20. The molecule has 1 N–H and O–H groups in total. The van der Waals surface area contributed by atoms with Crippen LogP contribution >= 0.6 is 46.6 Å². The van der Waals surface area contributed by atoms with Gasteiger partial charge in [0.25, 0.3) is 0 Å². The van der Waals surface area contributed by atoms with E-state index in [1.165, 1.54) is 24.6 Å². The van der Waals surface area contributed by atoms with Crippen LogP contribution in [0.5, 0.6) is 0 Å². The molecule has 0 radical (unpaired) electrons. The molecule has 1 spiro atoms. The van der Waals surface area contributed by atoms with E-state index in [0.717, 1.165) is 42.0 Å². The van der Waals surface area contributed by atoms with Gasteiger partial charge in [-0.3, -0.25) is 9.79 Å². The van der Waals surface area contributed by atoms with Crippen molar-refractivity contribution in [2.45, 2.75) is 44.2 Å². The first-order valence-corrected chi connectivity index (χ1v) is 12.4. The lowest BCUT2D eigenvalue weighted by molar-refractivity contribution is -0.113. The number of carbonyl (C=O) groups is 1. The molecule has 1 saturated carbocycles. The van der Waals surface area contributed by atoms with Gasteiger partial charge in [0.2, 0.25) is 5.91 Å². The van der Waals surface area contributed by atoms with Crippen LogP contribution in [0.4, 0.5) is 5.69 Å². The Labute approximate surface area is 201 Å². The second kappa shape index (κ2) is 9.95. The Morgan fingerprint density at radius 1 is 0.935 bits per heavy atom. The van der Waals surface area contributed by atoms with Crippen LogP contribution in [-0.4, -0.2) is 28.1 Å². The van der Waals surface area contributed by atoms with Crippen LogP contribution < -0.4 is 5.32 Å². The van der Waals surface area contributed by atoms with E-state index in [1.54, 1.807) is 18.2 Å². The molecule has 0 unspecified atom stereocenters. The molecule has 1 amide bonds. The van der Waals surface area contributed by atoms with E-state index in [-0.39, 0.29) is 11.7 Å². The predicted molar refractivity (Wildman–Crippen MR) is 133 cm³/mol. The van der Waals surface area contributed by atoms with E-state index in [1.807, 2.05) is 24.3 Å². The van der Waals surface area contributed by atoms with E-state index in [0.29, 0.717) is 20.8 Å². The van der Waals surface area contributed by atoms with Crippen molar-refractivity contribution in [2.75, 3.05) is 11.1 Å². The van der Waals surface area contributed by atoms with Gasteiger partial charge in [-0.2, -0.15) is 0 Å². The van der Waals surface area contributed by atoms with E-state index >= 15 is 0 Å². The Morgan fingerprint density at radius 3 is 2.32 bits per heavy atom. The van der Waals surface area contributed by atoms with Gasteiger partial charge in [-0.05, 0) is 56.0 Å². The molecule has 1 fully saturated rings. The van der Waals surface area contributed by atoms with E-state index in [9.17, 15) is 4.79 Å². The zero-order valence-electron chi connectivity index (χ0n) is 16.8. The maximum absolute atomic E-state index is 12.6. The number of thioether (sulfide) groups is 1.